The van der Waals surface area contributed by atoms with E-state index >= 15 is 0 Å². The number of hydrogen-bond acceptors (Lipinski definition) is 8. The Hall–Kier alpha value is -1.07. The van der Waals surface area contributed by atoms with Crippen molar-refractivity contribution in [3.8, 4) is 0 Å². The number of benzene rings is 1. The molecule has 1 aromatic carbocycles. The first kappa shape index (κ1) is 17.3. The molecule has 1 aliphatic heterocycles. The number of aliphatic hydroxyl groups is 4. The van der Waals surface area contributed by atoms with E-state index in [2.05, 4.69) is 0 Å². The molecule has 0 unspecified atom stereocenters. The van der Waals surface area contributed by atoms with Crippen LogP contribution in [0.1, 0.15) is 5.56 Å². The molecule has 22 heavy (non-hydrogen) atoms. The largest absolute Gasteiger partial charge is 0.394 e. The molecule has 2 rings (SSSR count). The summed E-state index contributed by atoms with van der Waals surface area (Å²) in [6.07, 6.45) is -8.04. The minimum Gasteiger partial charge on any atom is -0.394 e. The highest BCUT2D eigenvalue weighted by Crippen LogP contribution is 2.25. The maximum Gasteiger partial charge on any atom is 0.299 e. The number of hydrogen-bond donors (Lipinski definition) is 4. The van der Waals surface area contributed by atoms with Crippen LogP contribution in [0.2, 0.25) is 0 Å². The predicted octanol–water partition coefficient (Wildman–Crippen LogP) is -1.50. The van der Waals surface area contributed by atoms with Gasteiger partial charge in [-0.2, -0.15) is 8.42 Å². The number of aryl methyl sites for hydroxylation is 1. The first-order valence-corrected chi connectivity index (χ1v) is 7.97. The second kappa shape index (κ2) is 6.59. The topological polar surface area (TPSA) is 134 Å². The van der Waals surface area contributed by atoms with E-state index in [1.165, 1.54) is 12.1 Å². The summed E-state index contributed by atoms with van der Waals surface area (Å²) in [5.74, 6) is 0. The van der Waals surface area contributed by atoms with Crippen molar-refractivity contribution in [2.45, 2.75) is 42.5 Å². The summed E-state index contributed by atoms with van der Waals surface area (Å²) in [5.41, 5.74) is 0.854. The van der Waals surface area contributed by atoms with E-state index in [0.29, 0.717) is 0 Å². The normalized spacial score (nSPS) is 32.9. The van der Waals surface area contributed by atoms with Crippen LogP contribution >= 0.6 is 0 Å². The average molecular weight is 334 g/mol. The molecule has 1 saturated heterocycles. The van der Waals surface area contributed by atoms with Gasteiger partial charge in [-0.1, -0.05) is 17.7 Å². The lowest BCUT2D eigenvalue weighted by atomic mass is 10.00. The lowest BCUT2D eigenvalue weighted by molar-refractivity contribution is -0.276. The molecular formula is C13H18O8S. The molecule has 0 saturated carbocycles. The Bertz CT molecular complexity index is 597. The van der Waals surface area contributed by atoms with Gasteiger partial charge in [0.2, 0.25) is 6.29 Å². The van der Waals surface area contributed by atoms with Gasteiger partial charge in [-0.3, -0.25) is 0 Å². The van der Waals surface area contributed by atoms with E-state index < -0.39 is 47.4 Å². The highest BCUT2D eigenvalue weighted by atomic mass is 32.2. The second-order valence-corrected chi connectivity index (χ2v) is 6.63. The fourth-order valence-electron chi connectivity index (χ4n) is 2.03. The standard InChI is InChI=1S/C13H18O8S/c1-7-2-4-8(5-3-7)22(18,19)21-13-12(17)11(16)10(15)9(6-14)20-13/h2-5,9-17H,6H2,1H3/t9-,10-,11+,12-,13+/m1/s1. The predicted molar refractivity (Wildman–Crippen MR) is 73.2 cm³/mol. The van der Waals surface area contributed by atoms with Crippen molar-refractivity contribution in [2.24, 2.45) is 0 Å². The van der Waals surface area contributed by atoms with Gasteiger partial charge >= 0.3 is 0 Å². The maximum atomic E-state index is 12.1. The third-order valence-electron chi connectivity index (χ3n) is 3.38. The van der Waals surface area contributed by atoms with Crippen molar-refractivity contribution in [1.82, 2.24) is 0 Å². The van der Waals surface area contributed by atoms with Crippen LogP contribution in [0.3, 0.4) is 0 Å². The summed E-state index contributed by atoms with van der Waals surface area (Å²) >= 11 is 0. The summed E-state index contributed by atoms with van der Waals surface area (Å²) in [4.78, 5) is -0.143. The van der Waals surface area contributed by atoms with Crippen molar-refractivity contribution in [3.05, 3.63) is 29.8 Å². The monoisotopic (exact) mass is 334 g/mol. The van der Waals surface area contributed by atoms with Gasteiger partial charge in [0.05, 0.1) is 11.5 Å². The molecule has 0 radical (unpaired) electrons. The number of rotatable bonds is 4. The summed E-state index contributed by atoms with van der Waals surface area (Å²) < 4.78 is 34.0. The van der Waals surface area contributed by atoms with Crippen LogP contribution < -0.4 is 0 Å². The summed E-state index contributed by atoms with van der Waals surface area (Å²) in [5, 5.41) is 38.0. The third-order valence-corrected chi connectivity index (χ3v) is 4.67. The van der Waals surface area contributed by atoms with E-state index in [4.69, 9.17) is 14.0 Å². The highest BCUT2D eigenvalue weighted by Gasteiger charge is 2.45. The molecule has 1 heterocycles. The first-order valence-electron chi connectivity index (χ1n) is 6.57. The average Bonchev–Trinajstić information content (AvgIpc) is 2.48. The van der Waals surface area contributed by atoms with Gasteiger partial charge in [0.25, 0.3) is 10.1 Å². The Labute approximate surface area is 127 Å². The van der Waals surface area contributed by atoms with E-state index in [0.717, 1.165) is 5.56 Å². The van der Waals surface area contributed by atoms with Crippen LogP contribution in [0.25, 0.3) is 0 Å². The van der Waals surface area contributed by atoms with Crippen LogP contribution in [0, 0.1) is 6.92 Å². The zero-order valence-electron chi connectivity index (χ0n) is 11.7. The molecule has 5 atom stereocenters. The molecule has 0 bridgehead atoms. The minimum atomic E-state index is -4.24. The molecular weight excluding hydrogens is 316 g/mol. The Morgan fingerprint density at radius 3 is 2.23 bits per heavy atom. The van der Waals surface area contributed by atoms with Crippen molar-refractivity contribution in [1.29, 1.82) is 0 Å². The van der Waals surface area contributed by atoms with E-state index in [-0.39, 0.29) is 4.90 Å². The van der Waals surface area contributed by atoms with Gasteiger partial charge in [0, 0.05) is 0 Å². The molecule has 1 fully saturated rings. The summed E-state index contributed by atoms with van der Waals surface area (Å²) in [6.45, 7) is 1.12. The molecule has 0 amide bonds. The first-order chi connectivity index (χ1) is 10.3. The Morgan fingerprint density at radius 1 is 1.09 bits per heavy atom. The highest BCUT2D eigenvalue weighted by molar-refractivity contribution is 7.86. The van der Waals surface area contributed by atoms with Crippen LogP contribution in [0.4, 0.5) is 0 Å². The molecule has 1 aromatic rings. The van der Waals surface area contributed by atoms with Gasteiger partial charge in [0.15, 0.2) is 0 Å². The Morgan fingerprint density at radius 2 is 1.68 bits per heavy atom. The van der Waals surface area contributed by atoms with Crippen LogP contribution in [-0.4, -0.2) is 66.2 Å². The number of aliphatic hydroxyl groups excluding tert-OH is 4. The number of ether oxygens (including phenoxy) is 1. The van der Waals surface area contributed by atoms with Gasteiger partial charge < -0.3 is 25.2 Å². The molecule has 0 aromatic heterocycles. The lowest BCUT2D eigenvalue weighted by Crippen LogP contribution is -2.59. The summed E-state index contributed by atoms with van der Waals surface area (Å²) in [6, 6.07) is 5.80. The Kier molecular flexibility index (Phi) is 5.17. The molecule has 0 spiro atoms. The Balaban J connectivity index is 2.19. The van der Waals surface area contributed by atoms with Gasteiger partial charge in [-0.25, -0.2) is 4.18 Å². The molecule has 4 N–H and O–H groups in total. The second-order valence-electron chi connectivity index (χ2n) is 5.06. The summed E-state index contributed by atoms with van der Waals surface area (Å²) in [7, 11) is -4.24. The van der Waals surface area contributed by atoms with Crippen molar-refractivity contribution < 1.29 is 37.8 Å². The molecule has 124 valence electrons. The van der Waals surface area contributed by atoms with Crippen molar-refractivity contribution in [3.63, 3.8) is 0 Å². The van der Waals surface area contributed by atoms with E-state index in [1.807, 2.05) is 0 Å². The van der Waals surface area contributed by atoms with Crippen LogP contribution in [0.15, 0.2) is 29.2 Å². The van der Waals surface area contributed by atoms with Crippen molar-refractivity contribution >= 4 is 10.1 Å². The van der Waals surface area contributed by atoms with Crippen LogP contribution in [0.5, 0.6) is 0 Å². The van der Waals surface area contributed by atoms with Crippen molar-refractivity contribution in [2.75, 3.05) is 6.61 Å². The van der Waals surface area contributed by atoms with Gasteiger partial charge in [0.1, 0.15) is 24.4 Å². The molecule has 1 aliphatic rings. The SMILES string of the molecule is Cc1ccc(S(=O)(=O)O[C@@H]2O[C@H](CO)[C@@H](O)[C@H](O)[C@H]2O)cc1. The third kappa shape index (κ3) is 3.46. The maximum absolute atomic E-state index is 12.1. The molecule has 0 aliphatic carbocycles. The molecule has 9 heteroatoms. The van der Waals surface area contributed by atoms with E-state index in [1.54, 1.807) is 19.1 Å². The van der Waals surface area contributed by atoms with Gasteiger partial charge in [-0.05, 0) is 19.1 Å². The fraction of sp³-hybridized carbons (Fsp3) is 0.538. The zero-order valence-corrected chi connectivity index (χ0v) is 12.5. The van der Waals surface area contributed by atoms with Gasteiger partial charge in [-0.15, -0.1) is 0 Å². The zero-order chi connectivity index (χ0) is 16.5. The quantitative estimate of drug-likeness (QED) is 0.489. The smallest absolute Gasteiger partial charge is 0.299 e. The van der Waals surface area contributed by atoms with E-state index in [9.17, 15) is 23.7 Å². The fourth-order valence-corrected chi connectivity index (χ4v) is 3.02. The van der Waals surface area contributed by atoms with Crippen LogP contribution in [-0.2, 0) is 19.0 Å². The minimum absolute atomic E-state index is 0.143. The molecule has 8 nitrogen and oxygen atoms in total. The lowest BCUT2D eigenvalue weighted by Gasteiger charge is -2.39.